The molecule has 0 aromatic carbocycles. The Morgan fingerprint density at radius 3 is 2.96 bits per heavy atom. The van der Waals surface area contributed by atoms with E-state index < -0.39 is 28.6 Å². The maximum Gasteiger partial charge on any atom is 0.400 e. The smallest absolute Gasteiger partial charge is 0.400 e. The standard InChI is InChI=1S/C15H18O7S/c1-8-10-6-11-9(7-19-23(17,18)22-11)4-3-5-15(2)13(21-15)12(10)20-14(8)16/h4,10-13H,1,3,5-7H2,2H3/t10-,11-,12-,13+,15+/m0/s1. The van der Waals surface area contributed by atoms with Crippen LogP contribution in [0.3, 0.4) is 0 Å². The lowest BCUT2D eigenvalue weighted by molar-refractivity contribution is -0.140. The monoisotopic (exact) mass is 342 g/mol. The number of ether oxygens (including phenoxy) is 2. The summed E-state index contributed by atoms with van der Waals surface area (Å²) in [4.78, 5) is 11.9. The van der Waals surface area contributed by atoms with Crippen molar-refractivity contribution >= 4 is 16.4 Å². The Bertz CT molecular complexity index is 709. The highest BCUT2D eigenvalue weighted by atomic mass is 32.3. The lowest BCUT2D eigenvalue weighted by Gasteiger charge is -2.29. The summed E-state index contributed by atoms with van der Waals surface area (Å²) in [5.74, 6) is -0.772. The number of hydrogen-bond acceptors (Lipinski definition) is 7. The molecule has 0 bridgehead atoms. The number of carbonyl (C=O) groups excluding carboxylic acids is 1. The van der Waals surface area contributed by atoms with Gasteiger partial charge in [-0.05, 0) is 31.8 Å². The van der Waals surface area contributed by atoms with E-state index in [9.17, 15) is 13.2 Å². The van der Waals surface area contributed by atoms with Crippen LogP contribution in [0.1, 0.15) is 26.2 Å². The van der Waals surface area contributed by atoms with Crippen molar-refractivity contribution in [3.63, 3.8) is 0 Å². The van der Waals surface area contributed by atoms with Gasteiger partial charge in [-0.15, -0.1) is 0 Å². The van der Waals surface area contributed by atoms with Gasteiger partial charge in [0.05, 0.1) is 12.2 Å². The van der Waals surface area contributed by atoms with E-state index in [1.165, 1.54) is 0 Å². The number of esters is 1. The molecule has 3 fully saturated rings. The van der Waals surface area contributed by atoms with Crippen LogP contribution in [0.4, 0.5) is 0 Å². The fourth-order valence-corrected chi connectivity index (χ4v) is 4.50. The Morgan fingerprint density at radius 2 is 2.17 bits per heavy atom. The van der Waals surface area contributed by atoms with E-state index in [1.54, 1.807) is 0 Å². The van der Waals surface area contributed by atoms with Gasteiger partial charge in [-0.1, -0.05) is 12.7 Å². The van der Waals surface area contributed by atoms with Crippen molar-refractivity contribution in [2.75, 3.05) is 6.61 Å². The van der Waals surface area contributed by atoms with Crippen molar-refractivity contribution in [2.24, 2.45) is 5.92 Å². The number of carbonyl (C=O) groups is 1. The summed E-state index contributed by atoms with van der Waals surface area (Å²) in [5, 5.41) is 0. The van der Waals surface area contributed by atoms with E-state index in [-0.39, 0.29) is 24.2 Å². The highest BCUT2D eigenvalue weighted by Gasteiger charge is 2.62. The Kier molecular flexibility index (Phi) is 3.26. The van der Waals surface area contributed by atoms with Gasteiger partial charge in [0.2, 0.25) is 0 Å². The van der Waals surface area contributed by atoms with Gasteiger partial charge in [0.25, 0.3) is 0 Å². The molecular formula is C15H18O7S. The summed E-state index contributed by atoms with van der Waals surface area (Å²) >= 11 is 0. The predicted octanol–water partition coefficient (Wildman–Crippen LogP) is 1.01. The Balaban J connectivity index is 1.69. The molecule has 3 saturated heterocycles. The molecule has 8 heteroatoms. The molecule has 5 atom stereocenters. The third kappa shape index (κ3) is 2.53. The van der Waals surface area contributed by atoms with Crippen molar-refractivity contribution in [1.29, 1.82) is 0 Å². The number of epoxide rings is 1. The first-order valence-corrected chi connectivity index (χ1v) is 8.96. The number of rotatable bonds is 0. The Hall–Kier alpha value is -1.22. The maximum atomic E-state index is 11.9. The van der Waals surface area contributed by atoms with Crippen LogP contribution in [-0.4, -0.2) is 44.9 Å². The molecule has 0 aromatic heterocycles. The molecule has 0 amide bonds. The van der Waals surface area contributed by atoms with E-state index in [2.05, 4.69) is 6.58 Å². The molecular weight excluding hydrogens is 324 g/mol. The zero-order valence-electron chi connectivity index (χ0n) is 12.7. The largest absolute Gasteiger partial charge is 0.455 e. The van der Waals surface area contributed by atoms with Crippen LogP contribution in [0.5, 0.6) is 0 Å². The second-order valence-electron chi connectivity index (χ2n) is 6.66. The van der Waals surface area contributed by atoms with Gasteiger partial charge in [0.1, 0.15) is 18.3 Å². The first kappa shape index (κ1) is 15.3. The SMILES string of the molecule is C=C1C(=O)O[C@@H]2[C@H]3O[C@]3(C)CCC=C3COS(=O)(=O)O[C@H]3C[C@@H]12. The van der Waals surface area contributed by atoms with Crippen LogP contribution in [0.15, 0.2) is 23.8 Å². The molecule has 0 aromatic rings. The maximum absolute atomic E-state index is 11.9. The van der Waals surface area contributed by atoms with Crippen LogP contribution >= 0.6 is 0 Å². The minimum atomic E-state index is -4.00. The third-order valence-corrected chi connectivity index (χ3v) is 6.00. The topological polar surface area (TPSA) is 91.4 Å². The first-order chi connectivity index (χ1) is 10.8. The average Bonchev–Trinajstić information content (AvgIpc) is 3.06. The molecule has 23 heavy (non-hydrogen) atoms. The molecule has 3 heterocycles. The van der Waals surface area contributed by atoms with Crippen molar-refractivity contribution in [2.45, 2.75) is 50.1 Å². The summed E-state index contributed by atoms with van der Waals surface area (Å²) in [6.45, 7) is 5.79. The minimum absolute atomic E-state index is 0.0212. The lowest BCUT2D eigenvalue weighted by Crippen LogP contribution is -2.37. The number of fused-ring (bicyclic) bond motifs is 4. The van der Waals surface area contributed by atoms with E-state index in [4.69, 9.17) is 17.8 Å². The lowest BCUT2D eigenvalue weighted by atomic mass is 9.83. The molecule has 7 nitrogen and oxygen atoms in total. The summed E-state index contributed by atoms with van der Waals surface area (Å²) in [7, 11) is -4.00. The van der Waals surface area contributed by atoms with Gasteiger partial charge in [-0.3, -0.25) is 0 Å². The number of allylic oxidation sites excluding steroid dienone is 1. The van der Waals surface area contributed by atoms with Crippen LogP contribution < -0.4 is 0 Å². The summed E-state index contributed by atoms with van der Waals surface area (Å²) in [5.41, 5.74) is 0.800. The molecule has 0 radical (unpaired) electrons. The zero-order valence-corrected chi connectivity index (χ0v) is 13.5. The molecule has 3 aliphatic heterocycles. The molecule has 0 spiro atoms. The van der Waals surface area contributed by atoms with E-state index in [1.807, 2.05) is 13.0 Å². The Labute approximate surface area is 134 Å². The third-order valence-electron chi connectivity index (χ3n) is 5.12. The minimum Gasteiger partial charge on any atom is -0.455 e. The quantitative estimate of drug-likeness (QED) is 0.281. The summed E-state index contributed by atoms with van der Waals surface area (Å²) in [6, 6.07) is 0. The van der Waals surface area contributed by atoms with Crippen LogP contribution in [0.25, 0.3) is 0 Å². The van der Waals surface area contributed by atoms with Crippen LogP contribution in [0.2, 0.25) is 0 Å². The molecule has 0 unspecified atom stereocenters. The average molecular weight is 342 g/mol. The van der Waals surface area contributed by atoms with Gasteiger partial charge in [-0.2, -0.15) is 8.42 Å². The van der Waals surface area contributed by atoms with E-state index >= 15 is 0 Å². The summed E-state index contributed by atoms with van der Waals surface area (Å²) < 4.78 is 44.3. The van der Waals surface area contributed by atoms with Gasteiger partial charge in [0, 0.05) is 11.5 Å². The second kappa shape index (κ2) is 4.89. The van der Waals surface area contributed by atoms with Gasteiger partial charge < -0.3 is 9.47 Å². The molecule has 0 N–H and O–H groups in total. The Morgan fingerprint density at radius 1 is 1.39 bits per heavy atom. The highest BCUT2D eigenvalue weighted by Crippen LogP contribution is 2.50. The van der Waals surface area contributed by atoms with Gasteiger partial charge in [-0.25, -0.2) is 13.2 Å². The van der Waals surface area contributed by atoms with Gasteiger partial charge in [0.15, 0.2) is 0 Å². The van der Waals surface area contributed by atoms with Crippen molar-refractivity contribution in [3.8, 4) is 0 Å². The van der Waals surface area contributed by atoms with E-state index in [0.29, 0.717) is 12.0 Å². The number of hydrogen-bond donors (Lipinski definition) is 0. The molecule has 1 aliphatic carbocycles. The molecule has 4 rings (SSSR count). The second-order valence-corrected chi connectivity index (χ2v) is 7.91. The van der Waals surface area contributed by atoms with E-state index in [0.717, 1.165) is 18.4 Å². The summed E-state index contributed by atoms with van der Waals surface area (Å²) in [6.07, 6.45) is 2.46. The predicted molar refractivity (Wildman–Crippen MR) is 77.5 cm³/mol. The zero-order chi connectivity index (χ0) is 16.4. The first-order valence-electron chi connectivity index (χ1n) is 7.63. The van der Waals surface area contributed by atoms with Gasteiger partial charge >= 0.3 is 16.4 Å². The molecule has 126 valence electrons. The highest BCUT2D eigenvalue weighted by molar-refractivity contribution is 7.81. The van der Waals surface area contributed by atoms with Crippen molar-refractivity contribution in [1.82, 2.24) is 0 Å². The fourth-order valence-electron chi connectivity index (χ4n) is 3.67. The van der Waals surface area contributed by atoms with Crippen molar-refractivity contribution < 1.29 is 31.1 Å². The molecule has 0 saturated carbocycles. The normalized spacial score (nSPS) is 45.2. The van der Waals surface area contributed by atoms with Crippen LogP contribution in [0, 0.1) is 5.92 Å². The van der Waals surface area contributed by atoms with Crippen LogP contribution in [-0.2, 0) is 33.0 Å². The fraction of sp³-hybridized carbons (Fsp3) is 0.667. The van der Waals surface area contributed by atoms with Crippen molar-refractivity contribution in [3.05, 3.63) is 23.8 Å². The molecule has 4 aliphatic rings.